The number of carbonyl (C=O) groups is 1. The second kappa shape index (κ2) is 6.27. The zero-order chi connectivity index (χ0) is 20.1. The lowest BCUT2D eigenvalue weighted by atomic mass is 9.88. The number of phenols is 2. The average molecular weight is 390 g/mol. The summed E-state index contributed by atoms with van der Waals surface area (Å²) in [5.74, 6) is -0.596. The highest BCUT2D eigenvalue weighted by molar-refractivity contribution is 5.94. The lowest BCUT2D eigenvalue weighted by molar-refractivity contribution is -0.135. The second-order valence-corrected chi connectivity index (χ2v) is 6.78. The summed E-state index contributed by atoms with van der Waals surface area (Å²) in [5, 5.41) is 20.0. The number of rotatable bonds is 2. The molecule has 0 aliphatic carbocycles. The van der Waals surface area contributed by atoms with E-state index in [-0.39, 0.29) is 40.2 Å². The van der Waals surface area contributed by atoms with Gasteiger partial charge in [-0.15, -0.1) is 0 Å². The maximum absolute atomic E-state index is 13.2. The number of carbonyl (C=O) groups excluding carboxylic acids is 1. The van der Waals surface area contributed by atoms with E-state index in [0.717, 1.165) is 0 Å². The van der Waals surface area contributed by atoms with Crippen LogP contribution in [-0.4, -0.2) is 16.2 Å². The first-order valence-electron chi connectivity index (χ1n) is 8.88. The molecule has 4 aromatic rings. The predicted octanol–water partition coefficient (Wildman–Crippen LogP) is 3.91. The zero-order valence-corrected chi connectivity index (χ0v) is 14.9. The summed E-state index contributed by atoms with van der Waals surface area (Å²) in [5.41, 5.74) is 0.940. The molecule has 2 N–H and O–H groups in total. The third kappa shape index (κ3) is 2.67. The molecule has 7 heteroatoms. The van der Waals surface area contributed by atoms with Crippen molar-refractivity contribution in [2.45, 2.75) is 12.3 Å². The summed E-state index contributed by atoms with van der Waals surface area (Å²) in [6, 6.07) is 10.8. The molecule has 0 spiro atoms. The third-order valence-corrected chi connectivity index (χ3v) is 5.04. The Hall–Kier alpha value is -4.00. The number of esters is 1. The number of ether oxygens (including phenoxy) is 1. The predicted molar refractivity (Wildman–Crippen MR) is 102 cm³/mol. The first kappa shape index (κ1) is 17.1. The lowest BCUT2D eigenvalue weighted by Crippen LogP contribution is -2.21. The highest BCUT2D eigenvalue weighted by atomic mass is 16.5. The third-order valence-electron chi connectivity index (χ3n) is 5.04. The normalized spacial score (nSPS) is 15.9. The summed E-state index contributed by atoms with van der Waals surface area (Å²) in [6.45, 7) is 0. The molecule has 0 radical (unpaired) electrons. The lowest BCUT2D eigenvalue weighted by Gasteiger charge is -2.24. The van der Waals surface area contributed by atoms with Gasteiger partial charge in [-0.3, -0.25) is 9.59 Å². The highest BCUT2D eigenvalue weighted by Crippen LogP contribution is 2.45. The quantitative estimate of drug-likeness (QED) is 0.394. The molecule has 0 fully saturated rings. The Balaban J connectivity index is 1.79. The fourth-order valence-corrected chi connectivity index (χ4v) is 3.70. The van der Waals surface area contributed by atoms with Crippen LogP contribution < -0.4 is 10.2 Å². The van der Waals surface area contributed by atoms with Gasteiger partial charge in [-0.2, -0.15) is 0 Å². The Kier molecular flexibility index (Phi) is 3.70. The molecule has 2 aromatic carbocycles. The molecular weight excluding hydrogens is 376 g/mol. The van der Waals surface area contributed by atoms with Crippen molar-refractivity contribution >= 4 is 16.9 Å². The molecule has 144 valence electrons. The Labute approximate surface area is 163 Å². The van der Waals surface area contributed by atoms with Gasteiger partial charge in [-0.05, 0) is 29.8 Å². The van der Waals surface area contributed by atoms with Crippen molar-refractivity contribution in [1.82, 2.24) is 0 Å². The number of hydrogen-bond donors (Lipinski definition) is 2. The fraction of sp³-hybridized carbons (Fsp3) is 0.0909. The summed E-state index contributed by atoms with van der Waals surface area (Å²) in [7, 11) is 0. The molecule has 1 aliphatic rings. The Morgan fingerprint density at radius 1 is 1.00 bits per heavy atom. The molecule has 1 aliphatic heterocycles. The second-order valence-electron chi connectivity index (χ2n) is 6.78. The first-order valence-corrected chi connectivity index (χ1v) is 8.88. The molecule has 0 saturated heterocycles. The summed E-state index contributed by atoms with van der Waals surface area (Å²) in [6.07, 6.45) is 2.81. The van der Waals surface area contributed by atoms with Crippen LogP contribution in [0.4, 0.5) is 0 Å². The molecule has 0 amide bonds. The molecule has 29 heavy (non-hydrogen) atoms. The van der Waals surface area contributed by atoms with Gasteiger partial charge in [0.2, 0.25) is 5.43 Å². The van der Waals surface area contributed by atoms with Gasteiger partial charge < -0.3 is 23.8 Å². The fourth-order valence-electron chi connectivity index (χ4n) is 3.70. The SMILES string of the molecule is O=C1CC(c2ccco2)c2c(cc(O)c3c(=O)c(-c4ccc(O)cc4)coc23)O1. The smallest absolute Gasteiger partial charge is 0.312 e. The molecule has 3 heterocycles. The molecule has 7 nitrogen and oxygen atoms in total. The number of fused-ring (bicyclic) bond motifs is 3. The van der Waals surface area contributed by atoms with E-state index >= 15 is 0 Å². The van der Waals surface area contributed by atoms with E-state index in [0.29, 0.717) is 16.9 Å². The average Bonchev–Trinajstić information content (AvgIpc) is 3.23. The summed E-state index contributed by atoms with van der Waals surface area (Å²) >= 11 is 0. The van der Waals surface area contributed by atoms with Gasteiger partial charge in [0.1, 0.15) is 40.2 Å². The van der Waals surface area contributed by atoms with Crippen molar-refractivity contribution in [3.63, 3.8) is 0 Å². The molecule has 0 saturated carbocycles. The van der Waals surface area contributed by atoms with E-state index in [4.69, 9.17) is 13.6 Å². The molecular formula is C22H14O7. The van der Waals surface area contributed by atoms with Crippen LogP contribution in [0.1, 0.15) is 23.7 Å². The van der Waals surface area contributed by atoms with Crippen LogP contribution in [0.25, 0.3) is 22.1 Å². The van der Waals surface area contributed by atoms with Crippen LogP contribution in [0, 0.1) is 0 Å². The van der Waals surface area contributed by atoms with Crippen molar-refractivity contribution in [3.05, 3.63) is 76.5 Å². The van der Waals surface area contributed by atoms with Crippen LogP contribution in [0.2, 0.25) is 0 Å². The van der Waals surface area contributed by atoms with E-state index in [1.807, 2.05) is 0 Å². The Morgan fingerprint density at radius 3 is 2.52 bits per heavy atom. The van der Waals surface area contributed by atoms with E-state index in [1.165, 1.54) is 30.7 Å². The van der Waals surface area contributed by atoms with Gasteiger partial charge in [-0.1, -0.05) is 12.1 Å². The van der Waals surface area contributed by atoms with Crippen molar-refractivity contribution < 1.29 is 28.6 Å². The Morgan fingerprint density at radius 2 is 1.79 bits per heavy atom. The topological polar surface area (TPSA) is 110 Å². The first-order chi connectivity index (χ1) is 14.0. The summed E-state index contributed by atoms with van der Waals surface area (Å²) in [4.78, 5) is 25.2. The molecule has 0 bridgehead atoms. The largest absolute Gasteiger partial charge is 0.508 e. The minimum atomic E-state index is -0.507. The van der Waals surface area contributed by atoms with Crippen LogP contribution in [0.5, 0.6) is 17.2 Å². The standard InChI is InChI=1S/C22H14O7/c23-12-5-3-11(4-6-12)14-10-28-22-19-13(16-2-1-7-27-16)8-18(25)29-17(19)9-15(24)20(22)21(14)26/h1-7,9-10,13,23-24H,8H2. The van der Waals surface area contributed by atoms with Crippen LogP contribution in [-0.2, 0) is 4.79 Å². The maximum Gasteiger partial charge on any atom is 0.312 e. The van der Waals surface area contributed by atoms with Gasteiger partial charge in [0.25, 0.3) is 0 Å². The number of benzene rings is 2. The Bertz CT molecular complexity index is 1300. The van der Waals surface area contributed by atoms with E-state index < -0.39 is 17.3 Å². The van der Waals surface area contributed by atoms with Crippen molar-refractivity contribution in [1.29, 1.82) is 0 Å². The zero-order valence-electron chi connectivity index (χ0n) is 14.9. The van der Waals surface area contributed by atoms with Crippen LogP contribution in [0.15, 0.2) is 68.6 Å². The minimum Gasteiger partial charge on any atom is -0.508 e. The van der Waals surface area contributed by atoms with Gasteiger partial charge in [-0.25, -0.2) is 0 Å². The van der Waals surface area contributed by atoms with Gasteiger partial charge >= 0.3 is 5.97 Å². The van der Waals surface area contributed by atoms with Gasteiger partial charge in [0, 0.05) is 11.6 Å². The molecule has 1 unspecified atom stereocenters. The van der Waals surface area contributed by atoms with Crippen molar-refractivity contribution in [2.75, 3.05) is 0 Å². The van der Waals surface area contributed by atoms with Crippen LogP contribution >= 0.6 is 0 Å². The number of furan rings is 1. The van der Waals surface area contributed by atoms with Gasteiger partial charge in [0.15, 0.2) is 0 Å². The molecule has 2 aromatic heterocycles. The van der Waals surface area contributed by atoms with E-state index in [2.05, 4.69) is 0 Å². The number of aromatic hydroxyl groups is 2. The minimum absolute atomic E-state index is 0.0103. The maximum atomic E-state index is 13.2. The molecule has 1 atom stereocenters. The monoisotopic (exact) mass is 390 g/mol. The van der Waals surface area contributed by atoms with E-state index in [1.54, 1.807) is 24.3 Å². The van der Waals surface area contributed by atoms with Gasteiger partial charge in [0.05, 0.1) is 24.2 Å². The number of hydrogen-bond acceptors (Lipinski definition) is 7. The number of phenolic OH excluding ortho intramolecular Hbond substituents is 2. The molecule has 5 rings (SSSR count). The van der Waals surface area contributed by atoms with Crippen molar-refractivity contribution in [3.8, 4) is 28.4 Å². The van der Waals surface area contributed by atoms with Crippen LogP contribution in [0.3, 0.4) is 0 Å². The van der Waals surface area contributed by atoms with Crippen molar-refractivity contribution in [2.24, 2.45) is 0 Å². The summed E-state index contributed by atoms with van der Waals surface area (Å²) < 4.78 is 16.6. The van der Waals surface area contributed by atoms with E-state index in [9.17, 15) is 19.8 Å². The highest BCUT2D eigenvalue weighted by Gasteiger charge is 2.35.